The molecule has 6 nitrogen and oxygen atoms in total. The highest BCUT2D eigenvalue weighted by Crippen LogP contribution is 2.37. The quantitative estimate of drug-likeness (QED) is 0.366. The minimum Gasteiger partial charge on any atom is -0.495 e. The van der Waals surface area contributed by atoms with Crippen LogP contribution in [0.3, 0.4) is 0 Å². The van der Waals surface area contributed by atoms with Gasteiger partial charge in [0.1, 0.15) is 11.6 Å². The first kappa shape index (κ1) is 24.0. The van der Waals surface area contributed by atoms with Crippen LogP contribution in [-0.4, -0.2) is 30.7 Å². The molecule has 2 heterocycles. The Kier molecular flexibility index (Phi) is 6.35. The van der Waals surface area contributed by atoms with Crippen molar-refractivity contribution < 1.29 is 23.5 Å². The lowest BCUT2D eigenvalue weighted by atomic mass is 10.0. The molecule has 3 aromatic rings. The van der Waals surface area contributed by atoms with Crippen LogP contribution in [0.1, 0.15) is 29.4 Å². The predicted molar refractivity (Wildman–Crippen MR) is 133 cm³/mol. The SMILES string of the molecule is COC(=O)C1=C(C)N(c2ccccc2F)C(=O)/C1=C\c1cc(C)n(-c2cc(C)ccc2OC)c1C. The molecule has 4 rings (SSSR count). The summed E-state index contributed by atoms with van der Waals surface area (Å²) in [6.07, 6.45) is 1.67. The average molecular weight is 475 g/mol. The number of rotatable bonds is 5. The van der Waals surface area contributed by atoms with E-state index in [2.05, 4.69) is 0 Å². The third kappa shape index (κ3) is 4.03. The Labute approximate surface area is 203 Å². The van der Waals surface area contributed by atoms with E-state index in [0.29, 0.717) is 11.4 Å². The lowest BCUT2D eigenvalue weighted by Crippen LogP contribution is -2.25. The summed E-state index contributed by atoms with van der Waals surface area (Å²) in [4.78, 5) is 27.5. The van der Waals surface area contributed by atoms with Crippen molar-refractivity contribution in [3.8, 4) is 11.4 Å². The largest absolute Gasteiger partial charge is 0.495 e. The number of carbonyl (C=O) groups is 2. The number of hydrogen-bond donors (Lipinski definition) is 0. The fraction of sp³-hybridized carbons (Fsp3) is 0.214. The first-order valence-electron chi connectivity index (χ1n) is 11.1. The number of allylic oxidation sites excluding steroid dienone is 1. The topological polar surface area (TPSA) is 60.8 Å². The van der Waals surface area contributed by atoms with Crippen LogP contribution in [0.2, 0.25) is 0 Å². The number of carbonyl (C=O) groups excluding carboxylic acids is 2. The average Bonchev–Trinajstić information content (AvgIpc) is 3.25. The van der Waals surface area contributed by atoms with Gasteiger partial charge in [-0.25, -0.2) is 9.18 Å². The number of para-hydroxylation sites is 1. The Morgan fingerprint density at radius 1 is 0.971 bits per heavy atom. The Hall–Kier alpha value is -4.13. The van der Waals surface area contributed by atoms with Crippen molar-refractivity contribution in [1.29, 1.82) is 0 Å². The molecule has 0 spiro atoms. The van der Waals surface area contributed by atoms with Crippen LogP contribution in [-0.2, 0) is 14.3 Å². The molecule has 0 bridgehead atoms. The predicted octanol–water partition coefficient (Wildman–Crippen LogP) is 5.43. The van der Waals surface area contributed by atoms with Gasteiger partial charge in [-0.05, 0) is 75.2 Å². The third-order valence-corrected chi connectivity index (χ3v) is 6.23. The lowest BCUT2D eigenvalue weighted by Gasteiger charge is -2.18. The smallest absolute Gasteiger partial charge is 0.340 e. The summed E-state index contributed by atoms with van der Waals surface area (Å²) in [5, 5.41) is 0. The first-order valence-corrected chi connectivity index (χ1v) is 11.1. The zero-order valence-electron chi connectivity index (χ0n) is 20.6. The molecule has 1 aliphatic rings. The van der Waals surface area contributed by atoms with Crippen molar-refractivity contribution in [2.24, 2.45) is 0 Å². The number of amides is 1. The van der Waals surface area contributed by atoms with Gasteiger partial charge in [0.25, 0.3) is 5.91 Å². The molecule has 0 unspecified atom stereocenters. The van der Waals surface area contributed by atoms with Gasteiger partial charge in [-0.15, -0.1) is 0 Å². The molecular weight excluding hydrogens is 447 g/mol. The molecule has 0 fully saturated rings. The van der Waals surface area contributed by atoms with E-state index in [9.17, 15) is 14.0 Å². The number of ether oxygens (including phenoxy) is 2. The third-order valence-electron chi connectivity index (χ3n) is 6.23. The molecule has 0 atom stereocenters. The van der Waals surface area contributed by atoms with Crippen LogP contribution in [0.25, 0.3) is 11.8 Å². The van der Waals surface area contributed by atoms with Crippen LogP contribution in [0.4, 0.5) is 10.1 Å². The monoisotopic (exact) mass is 474 g/mol. The summed E-state index contributed by atoms with van der Waals surface area (Å²) >= 11 is 0. The Morgan fingerprint density at radius 2 is 1.69 bits per heavy atom. The highest BCUT2D eigenvalue weighted by Gasteiger charge is 2.39. The number of halogens is 1. The molecule has 0 N–H and O–H groups in total. The number of benzene rings is 2. The highest BCUT2D eigenvalue weighted by atomic mass is 19.1. The summed E-state index contributed by atoms with van der Waals surface area (Å²) in [7, 11) is 2.88. The standard InChI is InChI=1S/C28H27FN2O4/c1-16-11-12-25(34-5)24(13-16)30-17(2)14-20(18(30)3)15-21-26(28(33)35-6)19(4)31(27(21)32)23-10-8-7-9-22(23)29/h7-15H,1-6H3/b21-15-. The maximum Gasteiger partial charge on any atom is 0.340 e. The first-order chi connectivity index (χ1) is 16.7. The molecule has 7 heteroatoms. The maximum atomic E-state index is 14.6. The molecule has 0 radical (unpaired) electrons. The van der Waals surface area contributed by atoms with E-state index >= 15 is 0 Å². The zero-order valence-corrected chi connectivity index (χ0v) is 20.6. The van der Waals surface area contributed by atoms with Crippen molar-refractivity contribution in [1.82, 2.24) is 4.57 Å². The van der Waals surface area contributed by atoms with E-state index in [1.807, 2.05) is 49.6 Å². The van der Waals surface area contributed by atoms with Crippen LogP contribution in [0.5, 0.6) is 5.75 Å². The molecule has 0 saturated carbocycles. The van der Waals surface area contributed by atoms with E-state index in [0.717, 1.165) is 28.2 Å². The van der Waals surface area contributed by atoms with Crippen molar-refractivity contribution in [3.05, 3.63) is 93.7 Å². The van der Waals surface area contributed by atoms with Crippen LogP contribution in [0, 0.1) is 26.6 Å². The normalized spacial score (nSPS) is 14.8. The molecule has 0 aliphatic carbocycles. The fourth-order valence-corrected chi connectivity index (χ4v) is 4.54. The number of aryl methyl sites for hydroxylation is 2. The maximum absolute atomic E-state index is 14.6. The van der Waals surface area contributed by atoms with Gasteiger partial charge in [0.15, 0.2) is 0 Å². The van der Waals surface area contributed by atoms with Gasteiger partial charge in [-0.1, -0.05) is 18.2 Å². The highest BCUT2D eigenvalue weighted by molar-refractivity contribution is 6.23. The van der Waals surface area contributed by atoms with Gasteiger partial charge in [-0.2, -0.15) is 0 Å². The molecule has 35 heavy (non-hydrogen) atoms. The summed E-state index contributed by atoms with van der Waals surface area (Å²) in [6, 6.07) is 13.8. The second kappa shape index (κ2) is 9.25. The Bertz CT molecular complexity index is 1410. The van der Waals surface area contributed by atoms with E-state index in [1.54, 1.807) is 32.2 Å². The van der Waals surface area contributed by atoms with E-state index in [4.69, 9.17) is 9.47 Å². The molecule has 0 saturated heterocycles. The molecule has 2 aromatic carbocycles. The number of esters is 1. The van der Waals surface area contributed by atoms with Crippen LogP contribution >= 0.6 is 0 Å². The van der Waals surface area contributed by atoms with Crippen molar-refractivity contribution in [2.75, 3.05) is 19.1 Å². The summed E-state index contributed by atoms with van der Waals surface area (Å²) < 4.78 is 27.2. The van der Waals surface area contributed by atoms with Gasteiger partial charge in [0.05, 0.1) is 36.7 Å². The van der Waals surface area contributed by atoms with Crippen molar-refractivity contribution in [3.63, 3.8) is 0 Å². The number of hydrogen-bond acceptors (Lipinski definition) is 4. The lowest BCUT2D eigenvalue weighted by molar-refractivity contribution is -0.136. The Morgan fingerprint density at radius 3 is 2.34 bits per heavy atom. The van der Waals surface area contributed by atoms with Crippen LogP contribution in [0.15, 0.2) is 65.4 Å². The second-order valence-corrected chi connectivity index (χ2v) is 8.44. The number of methoxy groups -OCH3 is 2. The van der Waals surface area contributed by atoms with Gasteiger partial charge >= 0.3 is 5.97 Å². The van der Waals surface area contributed by atoms with E-state index in [1.165, 1.54) is 24.1 Å². The van der Waals surface area contributed by atoms with Crippen molar-refractivity contribution in [2.45, 2.75) is 27.7 Å². The van der Waals surface area contributed by atoms with Crippen LogP contribution < -0.4 is 9.64 Å². The molecule has 1 aromatic heterocycles. The second-order valence-electron chi connectivity index (χ2n) is 8.44. The molecular formula is C28H27FN2O4. The minimum absolute atomic E-state index is 0.0785. The fourth-order valence-electron chi connectivity index (χ4n) is 4.54. The van der Waals surface area contributed by atoms with E-state index in [-0.39, 0.29) is 16.8 Å². The van der Waals surface area contributed by atoms with E-state index < -0.39 is 17.7 Å². The van der Waals surface area contributed by atoms with Gasteiger partial charge in [-0.3, -0.25) is 9.69 Å². The summed E-state index contributed by atoms with van der Waals surface area (Å²) in [6.45, 7) is 7.51. The molecule has 1 amide bonds. The summed E-state index contributed by atoms with van der Waals surface area (Å²) in [5.74, 6) is -0.998. The van der Waals surface area contributed by atoms with Gasteiger partial charge in [0, 0.05) is 17.1 Å². The molecule has 180 valence electrons. The molecule has 1 aliphatic heterocycles. The zero-order chi connectivity index (χ0) is 25.4. The van der Waals surface area contributed by atoms with Gasteiger partial charge < -0.3 is 14.0 Å². The van der Waals surface area contributed by atoms with Crippen molar-refractivity contribution >= 4 is 23.6 Å². The summed E-state index contributed by atoms with van der Waals surface area (Å²) in [5.41, 5.74) is 5.13. The number of anilines is 1. The minimum atomic E-state index is -0.657. The number of aromatic nitrogens is 1. The number of nitrogens with zero attached hydrogens (tertiary/aromatic N) is 2. The van der Waals surface area contributed by atoms with Gasteiger partial charge in [0.2, 0.25) is 0 Å². The Balaban J connectivity index is 1.89.